The maximum Gasteiger partial charge on any atom is 0.332 e. The van der Waals surface area contributed by atoms with Crippen LogP contribution >= 0.6 is 31.9 Å². The van der Waals surface area contributed by atoms with E-state index in [9.17, 15) is 4.79 Å². The Kier molecular flexibility index (Phi) is 5.29. The maximum absolute atomic E-state index is 10.8. The molecule has 0 aromatic heterocycles. The first kappa shape index (κ1) is 15.6. The summed E-state index contributed by atoms with van der Waals surface area (Å²) in [6.07, 6.45) is 0.546. The van der Waals surface area contributed by atoms with Gasteiger partial charge in [0.2, 0.25) is 0 Å². The van der Waals surface area contributed by atoms with Crippen LogP contribution in [0.4, 0.5) is 5.69 Å². The molecule has 1 heterocycles. The number of benzene rings is 1. The first-order valence-electron chi connectivity index (χ1n) is 6.16. The Hall–Kier alpha value is -0.790. The molecule has 2 rings (SSSR count). The molecule has 1 aromatic carbocycles. The monoisotopic (exact) mass is 407 g/mol. The van der Waals surface area contributed by atoms with Crippen molar-refractivity contribution in [2.24, 2.45) is 0 Å². The second-order valence-corrected chi connectivity index (χ2v) is 6.22. The lowest BCUT2D eigenvalue weighted by molar-refractivity contribution is -0.149. The highest BCUT2D eigenvalue weighted by Gasteiger charge is 2.30. The van der Waals surface area contributed by atoms with Crippen molar-refractivity contribution in [1.29, 1.82) is 0 Å². The largest absolute Gasteiger partial charge is 0.495 e. The summed E-state index contributed by atoms with van der Waals surface area (Å²) in [5.74, 6) is -0.162. The molecule has 2 unspecified atom stereocenters. The van der Waals surface area contributed by atoms with Crippen LogP contribution in [-0.2, 0) is 9.53 Å². The van der Waals surface area contributed by atoms with Crippen LogP contribution in [-0.4, -0.2) is 36.9 Å². The smallest absolute Gasteiger partial charge is 0.332 e. The Bertz CT molecular complexity index is 509. The zero-order valence-electron chi connectivity index (χ0n) is 10.9. The highest BCUT2D eigenvalue weighted by molar-refractivity contribution is 9.11. The van der Waals surface area contributed by atoms with Gasteiger partial charge in [-0.05, 0) is 50.8 Å². The van der Waals surface area contributed by atoms with Gasteiger partial charge in [-0.15, -0.1) is 0 Å². The van der Waals surface area contributed by atoms with Gasteiger partial charge in [0.15, 0.2) is 6.10 Å². The van der Waals surface area contributed by atoms with Crippen molar-refractivity contribution in [3.63, 3.8) is 0 Å². The summed E-state index contributed by atoms with van der Waals surface area (Å²) in [5.41, 5.74) is 0.882. The lowest BCUT2D eigenvalue weighted by atomic mass is 10.2. The summed E-state index contributed by atoms with van der Waals surface area (Å²) in [6, 6.07) is 3.77. The molecule has 2 N–H and O–H groups in total. The third kappa shape index (κ3) is 3.65. The number of methoxy groups -OCH3 is 1. The van der Waals surface area contributed by atoms with Crippen molar-refractivity contribution >= 4 is 43.5 Å². The first-order valence-corrected chi connectivity index (χ1v) is 7.75. The van der Waals surface area contributed by atoms with Crippen LogP contribution < -0.4 is 10.1 Å². The van der Waals surface area contributed by atoms with Crippen LogP contribution in [0.2, 0.25) is 0 Å². The molecule has 0 saturated carbocycles. The Labute approximate surface area is 133 Å². The Morgan fingerprint density at radius 3 is 2.80 bits per heavy atom. The van der Waals surface area contributed by atoms with Crippen molar-refractivity contribution in [2.45, 2.75) is 25.0 Å². The minimum Gasteiger partial charge on any atom is -0.495 e. The van der Waals surface area contributed by atoms with Crippen molar-refractivity contribution < 1.29 is 19.4 Å². The number of carboxylic acid groups (broad SMARTS) is 1. The molecule has 5 nitrogen and oxygen atoms in total. The average Bonchev–Trinajstić information content (AvgIpc) is 2.87. The molecule has 7 heteroatoms. The molecule has 1 aromatic rings. The van der Waals surface area contributed by atoms with Gasteiger partial charge >= 0.3 is 5.97 Å². The van der Waals surface area contributed by atoms with Gasteiger partial charge in [0.05, 0.1) is 23.4 Å². The molecule has 0 spiro atoms. The van der Waals surface area contributed by atoms with Crippen molar-refractivity contribution in [1.82, 2.24) is 0 Å². The zero-order valence-corrected chi connectivity index (χ0v) is 14.0. The van der Waals surface area contributed by atoms with E-state index in [2.05, 4.69) is 37.2 Å². The number of nitrogens with one attached hydrogen (secondary N) is 1. The summed E-state index contributed by atoms with van der Waals surface area (Å²) in [4.78, 5) is 10.8. The van der Waals surface area contributed by atoms with Crippen LogP contribution in [0.5, 0.6) is 5.75 Å². The molecule has 1 aliphatic heterocycles. The minimum absolute atomic E-state index is 0.0855. The Morgan fingerprint density at radius 2 is 2.20 bits per heavy atom. The normalized spacial score (nSPS) is 21.8. The molecule has 110 valence electrons. The van der Waals surface area contributed by atoms with E-state index in [-0.39, 0.29) is 6.10 Å². The fourth-order valence-electron chi connectivity index (χ4n) is 2.08. The second kappa shape index (κ2) is 6.78. The predicted octanol–water partition coefficient (Wildman–Crippen LogP) is 3.26. The molecule has 1 fully saturated rings. The number of anilines is 1. The highest BCUT2D eigenvalue weighted by atomic mass is 79.9. The van der Waals surface area contributed by atoms with E-state index < -0.39 is 12.1 Å². The van der Waals surface area contributed by atoms with E-state index in [1.54, 1.807) is 7.11 Å². The summed E-state index contributed by atoms with van der Waals surface area (Å²) in [5, 5.41) is 12.1. The van der Waals surface area contributed by atoms with Crippen LogP contribution in [0.3, 0.4) is 0 Å². The molecule has 0 bridgehead atoms. The number of hydrogen-bond donors (Lipinski definition) is 2. The molecular weight excluding hydrogens is 394 g/mol. The fraction of sp³-hybridized carbons (Fsp3) is 0.462. The van der Waals surface area contributed by atoms with Gasteiger partial charge in [-0.3, -0.25) is 0 Å². The summed E-state index contributed by atoms with van der Waals surface area (Å²) >= 11 is 6.88. The molecule has 0 aliphatic carbocycles. The highest BCUT2D eigenvalue weighted by Crippen LogP contribution is 2.34. The quantitative estimate of drug-likeness (QED) is 0.782. The lowest BCUT2D eigenvalue weighted by Crippen LogP contribution is -2.24. The van der Waals surface area contributed by atoms with Gasteiger partial charge in [0.25, 0.3) is 0 Å². The maximum atomic E-state index is 10.8. The number of carboxylic acids is 1. The Morgan fingerprint density at radius 1 is 1.45 bits per heavy atom. The number of hydrogen-bond acceptors (Lipinski definition) is 4. The van der Waals surface area contributed by atoms with Gasteiger partial charge in [-0.1, -0.05) is 0 Å². The van der Waals surface area contributed by atoms with E-state index in [1.165, 1.54) is 0 Å². The van der Waals surface area contributed by atoms with Gasteiger partial charge in [-0.2, -0.15) is 0 Å². The van der Waals surface area contributed by atoms with E-state index >= 15 is 0 Å². The second-order valence-electron chi connectivity index (χ2n) is 4.51. The predicted molar refractivity (Wildman–Crippen MR) is 82.4 cm³/mol. The minimum atomic E-state index is -0.890. The fourth-order valence-corrected chi connectivity index (χ4v) is 3.38. The molecule has 2 atom stereocenters. The van der Waals surface area contributed by atoms with Crippen molar-refractivity contribution in [3.8, 4) is 5.75 Å². The van der Waals surface area contributed by atoms with E-state index in [0.717, 1.165) is 26.8 Å². The SMILES string of the molecule is COc1cc(NCC2CCC(C(=O)O)O2)c(Br)cc1Br. The van der Waals surface area contributed by atoms with Crippen LogP contribution in [0.25, 0.3) is 0 Å². The average molecular weight is 409 g/mol. The van der Waals surface area contributed by atoms with Crippen LogP contribution in [0.15, 0.2) is 21.1 Å². The van der Waals surface area contributed by atoms with E-state index in [0.29, 0.717) is 13.0 Å². The molecule has 20 heavy (non-hydrogen) atoms. The summed E-state index contributed by atoms with van der Waals surface area (Å²) in [7, 11) is 1.61. The molecule has 1 aliphatic rings. The van der Waals surface area contributed by atoms with Crippen molar-refractivity contribution in [3.05, 3.63) is 21.1 Å². The van der Waals surface area contributed by atoms with Gasteiger partial charge in [-0.25, -0.2) is 4.79 Å². The summed E-state index contributed by atoms with van der Waals surface area (Å²) in [6.45, 7) is 0.563. The van der Waals surface area contributed by atoms with Crippen molar-refractivity contribution in [2.75, 3.05) is 19.0 Å². The Balaban J connectivity index is 1.96. The number of ether oxygens (including phenoxy) is 2. The van der Waals surface area contributed by atoms with Gasteiger partial charge in [0, 0.05) is 17.1 Å². The molecule has 0 radical (unpaired) electrons. The van der Waals surface area contributed by atoms with Gasteiger partial charge < -0.3 is 19.9 Å². The number of halogens is 2. The van der Waals surface area contributed by atoms with Crippen LogP contribution in [0.1, 0.15) is 12.8 Å². The number of aliphatic carboxylic acids is 1. The lowest BCUT2D eigenvalue weighted by Gasteiger charge is -2.15. The topological polar surface area (TPSA) is 67.8 Å². The standard InChI is InChI=1S/C13H15Br2NO4/c1-19-12-5-10(8(14)4-9(12)15)16-6-7-2-3-11(20-7)13(17)18/h4-5,7,11,16H,2-3,6H2,1H3,(H,17,18). The molecule has 1 saturated heterocycles. The molecule has 0 amide bonds. The zero-order chi connectivity index (χ0) is 14.7. The van der Waals surface area contributed by atoms with Crippen LogP contribution in [0, 0.1) is 0 Å². The third-order valence-corrected chi connectivity index (χ3v) is 4.42. The van der Waals surface area contributed by atoms with Gasteiger partial charge in [0.1, 0.15) is 5.75 Å². The van der Waals surface area contributed by atoms with E-state index in [4.69, 9.17) is 14.6 Å². The first-order chi connectivity index (χ1) is 9.51. The third-order valence-electron chi connectivity index (χ3n) is 3.14. The summed E-state index contributed by atoms with van der Waals surface area (Å²) < 4.78 is 12.5. The number of rotatable bonds is 5. The number of carbonyl (C=O) groups is 1. The molecular formula is C13H15Br2NO4. The van der Waals surface area contributed by atoms with E-state index in [1.807, 2.05) is 12.1 Å².